The molecular weight excluding hydrogens is 665 g/mol. The minimum Gasteiger partial charge on any atom is -0.309 e. The van der Waals surface area contributed by atoms with E-state index in [1.54, 1.807) is 0 Å². The third-order valence-corrected chi connectivity index (χ3v) is 11.1. The van der Waals surface area contributed by atoms with Crippen molar-refractivity contribution < 1.29 is 0 Å². The quantitative estimate of drug-likeness (QED) is 0.164. The molecule has 0 amide bonds. The average Bonchev–Trinajstić information content (AvgIpc) is 3.62. The van der Waals surface area contributed by atoms with E-state index in [1.165, 1.54) is 65.3 Å². The first-order valence-electron chi connectivity index (χ1n) is 18.9. The van der Waals surface area contributed by atoms with Crippen molar-refractivity contribution in [1.82, 2.24) is 9.55 Å². The van der Waals surface area contributed by atoms with Crippen LogP contribution in [0.5, 0.6) is 0 Å². The maximum Gasteiger partial charge on any atom is 0.0716 e. The number of fused-ring (bicyclic) bond motifs is 10. The second kappa shape index (κ2) is 12.7. The molecule has 2 heteroatoms. The molecule has 9 aromatic carbocycles. The third-order valence-electron chi connectivity index (χ3n) is 11.1. The molecule has 0 saturated carbocycles. The van der Waals surface area contributed by atoms with Crippen LogP contribution in [0.2, 0.25) is 0 Å². The van der Waals surface area contributed by atoms with Crippen molar-refractivity contribution in [3.05, 3.63) is 206 Å². The molecule has 256 valence electrons. The molecular formula is C53H34N2. The van der Waals surface area contributed by atoms with Gasteiger partial charge < -0.3 is 4.57 Å². The molecule has 0 saturated heterocycles. The van der Waals surface area contributed by atoms with Crippen LogP contribution in [0.4, 0.5) is 0 Å². The van der Waals surface area contributed by atoms with E-state index >= 15 is 0 Å². The fraction of sp³-hybridized carbons (Fsp3) is 0. The smallest absolute Gasteiger partial charge is 0.0716 e. The summed E-state index contributed by atoms with van der Waals surface area (Å²) in [5.41, 5.74) is 12.3. The van der Waals surface area contributed by atoms with Gasteiger partial charge in [0.15, 0.2) is 0 Å². The van der Waals surface area contributed by atoms with E-state index in [0.29, 0.717) is 0 Å². The van der Waals surface area contributed by atoms with Gasteiger partial charge in [-0.05, 0) is 74.1 Å². The van der Waals surface area contributed by atoms with Gasteiger partial charge in [0.05, 0.1) is 22.4 Å². The molecule has 0 aliphatic carbocycles. The molecule has 11 rings (SSSR count). The Hall–Kier alpha value is -7.29. The highest BCUT2D eigenvalue weighted by atomic mass is 15.0. The first kappa shape index (κ1) is 31.3. The zero-order valence-corrected chi connectivity index (χ0v) is 30.0. The lowest BCUT2D eigenvalue weighted by Gasteiger charge is -2.15. The van der Waals surface area contributed by atoms with E-state index in [0.717, 1.165) is 39.3 Å². The molecule has 0 N–H and O–H groups in total. The van der Waals surface area contributed by atoms with E-state index in [2.05, 4.69) is 211 Å². The normalized spacial score (nSPS) is 11.6. The van der Waals surface area contributed by atoms with E-state index in [-0.39, 0.29) is 0 Å². The zero-order chi connectivity index (χ0) is 36.3. The Labute approximate surface area is 319 Å². The highest BCUT2D eigenvalue weighted by Gasteiger charge is 2.20. The molecule has 0 aliphatic heterocycles. The number of hydrogen-bond acceptors (Lipinski definition) is 1. The van der Waals surface area contributed by atoms with Gasteiger partial charge in [-0.1, -0.05) is 176 Å². The van der Waals surface area contributed by atoms with Crippen LogP contribution in [-0.4, -0.2) is 9.55 Å². The van der Waals surface area contributed by atoms with Gasteiger partial charge in [0.2, 0.25) is 0 Å². The van der Waals surface area contributed by atoms with Crippen LogP contribution in [0.3, 0.4) is 0 Å². The van der Waals surface area contributed by atoms with Crippen molar-refractivity contribution in [2.24, 2.45) is 0 Å². The van der Waals surface area contributed by atoms with Gasteiger partial charge >= 0.3 is 0 Å². The Bertz CT molecular complexity index is 3230. The molecule has 0 radical (unpaired) electrons. The van der Waals surface area contributed by atoms with Gasteiger partial charge in [-0.25, -0.2) is 4.98 Å². The van der Waals surface area contributed by atoms with E-state index in [1.807, 2.05) is 0 Å². The van der Waals surface area contributed by atoms with E-state index in [4.69, 9.17) is 4.98 Å². The Morgan fingerprint density at radius 3 is 1.64 bits per heavy atom. The highest BCUT2D eigenvalue weighted by molar-refractivity contribution is 6.36. The van der Waals surface area contributed by atoms with Gasteiger partial charge in [0, 0.05) is 38.4 Å². The standard InChI is InChI=1S/C53H34N2/c1-3-14-35(15-4-1)37-26-28-39(29-27-37)48-33-41(36-16-5-2-6-17-36)34-49(54-48)40-19-13-20-42(32-40)55-50-25-12-11-24-47(50)52-51-43-21-8-7-18-38(43)30-31-45(51)44-22-9-10-23-46(44)53(52)55/h1-34H. The minimum absolute atomic E-state index is 0.937. The Morgan fingerprint density at radius 2 is 0.873 bits per heavy atom. The summed E-state index contributed by atoms with van der Waals surface area (Å²) in [6, 6.07) is 74.4. The van der Waals surface area contributed by atoms with Crippen LogP contribution in [-0.2, 0) is 0 Å². The predicted octanol–water partition coefficient (Wildman–Crippen LogP) is 14.3. The van der Waals surface area contributed by atoms with Crippen molar-refractivity contribution in [3.63, 3.8) is 0 Å². The summed E-state index contributed by atoms with van der Waals surface area (Å²) in [5.74, 6) is 0. The van der Waals surface area contributed by atoms with Gasteiger partial charge in [-0.2, -0.15) is 0 Å². The molecule has 0 fully saturated rings. The summed E-state index contributed by atoms with van der Waals surface area (Å²) in [6.45, 7) is 0. The molecule has 2 aromatic heterocycles. The second-order valence-electron chi connectivity index (χ2n) is 14.3. The lowest BCUT2D eigenvalue weighted by Crippen LogP contribution is -1.97. The first-order valence-corrected chi connectivity index (χ1v) is 18.9. The van der Waals surface area contributed by atoms with Gasteiger partial charge in [-0.15, -0.1) is 0 Å². The largest absolute Gasteiger partial charge is 0.309 e. The highest BCUT2D eigenvalue weighted by Crippen LogP contribution is 2.45. The SMILES string of the molecule is c1ccc(-c2ccc(-c3cc(-c4ccccc4)cc(-c4cccc(-n5c6ccccc6c6c7c8ccccc8ccc7c7ccccc7c65)c4)n3)cc2)cc1. The van der Waals surface area contributed by atoms with Crippen LogP contribution >= 0.6 is 0 Å². The summed E-state index contributed by atoms with van der Waals surface area (Å²) >= 11 is 0. The molecule has 11 aromatic rings. The summed E-state index contributed by atoms with van der Waals surface area (Å²) in [6.07, 6.45) is 0. The molecule has 0 bridgehead atoms. The minimum atomic E-state index is 0.937. The zero-order valence-electron chi connectivity index (χ0n) is 30.0. The lowest BCUT2D eigenvalue weighted by atomic mass is 9.93. The summed E-state index contributed by atoms with van der Waals surface area (Å²) < 4.78 is 2.47. The van der Waals surface area contributed by atoms with Crippen LogP contribution in [0.1, 0.15) is 0 Å². The van der Waals surface area contributed by atoms with Gasteiger partial charge in [0.1, 0.15) is 0 Å². The second-order valence-corrected chi connectivity index (χ2v) is 14.3. The van der Waals surface area contributed by atoms with Crippen LogP contribution < -0.4 is 0 Å². The van der Waals surface area contributed by atoms with Gasteiger partial charge in [0.25, 0.3) is 0 Å². The number of nitrogens with zero attached hydrogens (tertiary/aromatic N) is 2. The predicted molar refractivity (Wildman–Crippen MR) is 233 cm³/mol. The number of para-hydroxylation sites is 1. The van der Waals surface area contributed by atoms with Crippen molar-refractivity contribution in [2.75, 3.05) is 0 Å². The fourth-order valence-electron chi connectivity index (χ4n) is 8.60. The molecule has 55 heavy (non-hydrogen) atoms. The summed E-state index contributed by atoms with van der Waals surface area (Å²) in [5, 5.41) is 10.2. The van der Waals surface area contributed by atoms with Gasteiger partial charge in [-0.3, -0.25) is 0 Å². The Balaban J connectivity index is 1.15. The third kappa shape index (κ3) is 5.15. The number of benzene rings is 9. The van der Waals surface area contributed by atoms with E-state index in [9.17, 15) is 0 Å². The van der Waals surface area contributed by atoms with Crippen molar-refractivity contribution in [1.29, 1.82) is 0 Å². The lowest BCUT2D eigenvalue weighted by molar-refractivity contribution is 1.18. The summed E-state index contributed by atoms with van der Waals surface area (Å²) in [7, 11) is 0. The Kier molecular flexibility index (Phi) is 7.21. The van der Waals surface area contributed by atoms with Crippen LogP contribution in [0.15, 0.2) is 206 Å². The van der Waals surface area contributed by atoms with Crippen LogP contribution in [0.25, 0.3) is 105 Å². The number of pyridine rings is 1. The number of hydrogen-bond donors (Lipinski definition) is 0. The maximum atomic E-state index is 5.36. The maximum absolute atomic E-state index is 5.36. The summed E-state index contributed by atoms with van der Waals surface area (Å²) in [4.78, 5) is 5.36. The molecule has 0 atom stereocenters. The van der Waals surface area contributed by atoms with Crippen molar-refractivity contribution in [2.45, 2.75) is 0 Å². The molecule has 0 aliphatic rings. The average molecular weight is 699 g/mol. The topological polar surface area (TPSA) is 17.8 Å². The van der Waals surface area contributed by atoms with Crippen molar-refractivity contribution >= 4 is 54.1 Å². The monoisotopic (exact) mass is 698 g/mol. The number of aromatic nitrogens is 2. The number of rotatable bonds is 5. The first-order chi connectivity index (χ1) is 27.3. The molecule has 2 heterocycles. The molecule has 0 unspecified atom stereocenters. The van der Waals surface area contributed by atoms with Crippen molar-refractivity contribution in [3.8, 4) is 50.5 Å². The van der Waals surface area contributed by atoms with Crippen LogP contribution in [0, 0.1) is 0 Å². The molecule has 0 spiro atoms. The Morgan fingerprint density at radius 1 is 0.309 bits per heavy atom. The fourth-order valence-corrected chi connectivity index (χ4v) is 8.60. The molecule has 2 nitrogen and oxygen atoms in total. The van der Waals surface area contributed by atoms with E-state index < -0.39 is 0 Å².